The molecule has 6 heteroatoms. The van der Waals surface area contributed by atoms with E-state index in [0.29, 0.717) is 28.9 Å². The molecule has 1 aromatic rings. The molecule has 6 rings (SSSR count). The molecular weight excluding hydrogens is 420 g/mol. The van der Waals surface area contributed by atoms with Crippen molar-refractivity contribution in [1.82, 2.24) is 10.2 Å². The molecule has 1 aromatic heterocycles. The summed E-state index contributed by atoms with van der Waals surface area (Å²) in [5.41, 5.74) is 0.294. The van der Waals surface area contributed by atoms with E-state index < -0.39 is 0 Å². The molecule has 5 nitrogen and oxygen atoms in total. The van der Waals surface area contributed by atoms with Crippen molar-refractivity contribution in [2.75, 3.05) is 13.1 Å². The van der Waals surface area contributed by atoms with Crippen LogP contribution in [0.15, 0.2) is 21.2 Å². The first-order valence-electron chi connectivity index (χ1n) is 10.8. The van der Waals surface area contributed by atoms with Crippen molar-refractivity contribution in [1.29, 1.82) is 0 Å². The number of rotatable bonds is 4. The number of hydrogen-bond acceptors (Lipinski definition) is 3. The number of nitrogens with zero attached hydrogens (tertiary/aromatic N) is 1. The Bertz CT molecular complexity index is 730. The largest absolute Gasteiger partial charge is 0.444 e. The van der Waals surface area contributed by atoms with E-state index in [0.717, 1.165) is 37.0 Å². The summed E-state index contributed by atoms with van der Waals surface area (Å²) in [6.45, 7) is 1.33. The molecule has 1 aliphatic heterocycles. The van der Waals surface area contributed by atoms with E-state index >= 15 is 0 Å². The van der Waals surface area contributed by atoms with Crippen LogP contribution in [0.2, 0.25) is 0 Å². The van der Waals surface area contributed by atoms with Gasteiger partial charge in [-0.25, -0.2) is 0 Å². The summed E-state index contributed by atoms with van der Waals surface area (Å²) in [5, 5.41) is 3.29. The van der Waals surface area contributed by atoms with Crippen molar-refractivity contribution in [3.05, 3.63) is 22.6 Å². The Kier molecular flexibility index (Phi) is 4.80. The van der Waals surface area contributed by atoms with Crippen LogP contribution in [0.25, 0.3) is 0 Å². The lowest BCUT2D eigenvalue weighted by Crippen LogP contribution is -2.50. The van der Waals surface area contributed by atoms with Crippen LogP contribution in [0.5, 0.6) is 0 Å². The molecule has 1 N–H and O–H groups in total. The highest BCUT2D eigenvalue weighted by molar-refractivity contribution is 9.10. The van der Waals surface area contributed by atoms with Crippen molar-refractivity contribution in [3.8, 4) is 0 Å². The van der Waals surface area contributed by atoms with Gasteiger partial charge in [-0.05, 0) is 103 Å². The molecule has 5 aliphatic rings. The molecule has 4 saturated carbocycles. The van der Waals surface area contributed by atoms with Crippen molar-refractivity contribution in [2.45, 2.75) is 63.8 Å². The number of furan rings is 1. The molecule has 5 fully saturated rings. The maximum absolute atomic E-state index is 12.8. The lowest BCUT2D eigenvalue weighted by atomic mass is 9.49. The Labute approximate surface area is 174 Å². The fourth-order valence-corrected chi connectivity index (χ4v) is 7.24. The van der Waals surface area contributed by atoms with Gasteiger partial charge < -0.3 is 14.6 Å². The van der Waals surface area contributed by atoms with E-state index in [1.165, 1.54) is 38.5 Å². The smallest absolute Gasteiger partial charge is 0.289 e. The van der Waals surface area contributed by atoms with Crippen molar-refractivity contribution in [3.63, 3.8) is 0 Å². The zero-order valence-electron chi connectivity index (χ0n) is 16.3. The average molecular weight is 449 g/mol. The fourth-order valence-electron chi connectivity index (χ4n) is 6.94. The minimum Gasteiger partial charge on any atom is -0.444 e. The van der Waals surface area contributed by atoms with E-state index in [2.05, 4.69) is 21.2 Å². The van der Waals surface area contributed by atoms with Crippen LogP contribution in [-0.2, 0) is 4.79 Å². The van der Waals surface area contributed by atoms with Crippen LogP contribution in [0.4, 0.5) is 0 Å². The molecule has 2 amide bonds. The highest BCUT2D eigenvalue weighted by Crippen LogP contribution is 2.61. The summed E-state index contributed by atoms with van der Waals surface area (Å²) in [6.07, 6.45) is 10.4. The molecule has 4 aliphatic carbocycles. The Hall–Kier alpha value is -1.30. The Morgan fingerprint density at radius 2 is 1.68 bits per heavy atom. The first-order chi connectivity index (χ1) is 13.5. The first-order valence-corrected chi connectivity index (χ1v) is 11.6. The molecule has 2 heterocycles. The Morgan fingerprint density at radius 1 is 1.07 bits per heavy atom. The van der Waals surface area contributed by atoms with Gasteiger partial charge in [0, 0.05) is 25.6 Å². The summed E-state index contributed by atoms with van der Waals surface area (Å²) < 4.78 is 5.95. The quantitative estimate of drug-likeness (QED) is 0.743. The van der Waals surface area contributed by atoms with Gasteiger partial charge in [0.15, 0.2) is 10.4 Å². The molecule has 0 spiro atoms. The number of carbonyl (C=O) groups excluding carboxylic acids is 2. The third kappa shape index (κ3) is 3.64. The third-order valence-corrected chi connectivity index (χ3v) is 8.06. The van der Waals surface area contributed by atoms with Gasteiger partial charge in [-0.3, -0.25) is 9.59 Å². The molecule has 0 aromatic carbocycles. The SMILES string of the molecule is O=C(CC12CC3CC(CC(C3)C1)C2)NC1CCN(C(=O)c2ccc(Br)o2)CC1. The lowest BCUT2D eigenvalue weighted by Gasteiger charge is -2.56. The number of piperidine rings is 1. The number of halogens is 1. The van der Waals surface area contributed by atoms with E-state index in [1.54, 1.807) is 12.1 Å². The van der Waals surface area contributed by atoms with Crippen molar-refractivity contribution < 1.29 is 14.0 Å². The van der Waals surface area contributed by atoms with Gasteiger partial charge in [-0.1, -0.05) is 0 Å². The van der Waals surface area contributed by atoms with Crippen LogP contribution in [0.3, 0.4) is 0 Å². The van der Waals surface area contributed by atoms with E-state index in [4.69, 9.17) is 4.42 Å². The predicted octanol–water partition coefficient (Wildman–Crippen LogP) is 4.37. The summed E-state index contributed by atoms with van der Waals surface area (Å²) in [4.78, 5) is 27.1. The zero-order chi connectivity index (χ0) is 19.3. The number of likely N-dealkylation sites (tertiary alicyclic amines) is 1. The second-order valence-corrected chi connectivity index (χ2v) is 10.6. The summed E-state index contributed by atoms with van der Waals surface area (Å²) in [7, 11) is 0. The van der Waals surface area contributed by atoms with Crippen molar-refractivity contribution >= 4 is 27.7 Å². The van der Waals surface area contributed by atoms with Gasteiger partial charge in [0.1, 0.15) is 0 Å². The minimum absolute atomic E-state index is 0.0657. The molecule has 28 heavy (non-hydrogen) atoms. The van der Waals surface area contributed by atoms with Gasteiger partial charge >= 0.3 is 0 Å². The Morgan fingerprint density at radius 3 is 2.21 bits per heavy atom. The average Bonchev–Trinajstić information content (AvgIpc) is 3.06. The van der Waals surface area contributed by atoms with Crippen LogP contribution in [0, 0.1) is 23.2 Å². The van der Waals surface area contributed by atoms with Crippen LogP contribution in [0.1, 0.15) is 68.3 Å². The summed E-state index contributed by atoms with van der Waals surface area (Å²) >= 11 is 3.24. The molecule has 0 unspecified atom stereocenters. The first kappa shape index (κ1) is 18.7. The van der Waals surface area contributed by atoms with E-state index in [1.807, 2.05) is 4.90 Å². The molecular formula is C22H29BrN2O3. The topological polar surface area (TPSA) is 62.6 Å². The van der Waals surface area contributed by atoms with Gasteiger partial charge in [0.25, 0.3) is 5.91 Å². The summed E-state index contributed by atoms with van der Waals surface area (Å²) in [5.74, 6) is 3.20. The maximum Gasteiger partial charge on any atom is 0.289 e. The van der Waals surface area contributed by atoms with Crippen LogP contribution < -0.4 is 5.32 Å². The number of carbonyl (C=O) groups is 2. The molecule has 4 bridgehead atoms. The summed E-state index contributed by atoms with van der Waals surface area (Å²) in [6, 6.07) is 3.63. The number of nitrogens with one attached hydrogen (secondary N) is 1. The Balaban J connectivity index is 1.12. The standard InChI is InChI=1S/C22H29BrN2O3/c23-19-2-1-18(28-19)21(27)25-5-3-17(4-6-25)24-20(26)13-22-10-14-7-15(11-22)9-16(8-14)12-22/h1-2,14-17H,3-13H2,(H,24,26). The maximum atomic E-state index is 12.8. The second-order valence-electron chi connectivity index (χ2n) is 9.83. The molecule has 1 saturated heterocycles. The second kappa shape index (κ2) is 7.19. The van der Waals surface area contributed by atoms with E-state index in [9.17, 15) is 9.59 Å². The number of amides is 2. The highest BCUT2D eigenvalue weighted by Gasteiger charge is 2.51. The van der Waals surface area contributed by atoms with Crippen LogP contribution >= 0.6 is 15.9 Å². The molecule has 152 valence electrons. The molecule has 0 atom stereocenters. The molecule has 0 radical (unpaired) electrons. The van der Waals surface area contributed by atoms with E-state index in [-0.39, 0.29) is 17.9 Å². The normalized spacial score (nSPS) is 34.6. The van der Waals surface area contributed by atoms with Crippen LogP contribution in [-0.4, -0.2) is 35.8 Å². The fraction of sp³-hybridized carbons (Fsp3) is 0.727. The predicted molar refractivity (Wildman–Crippen MR) is 109 cm³/mol. The zero-order valence-corrected chi connectivity index (χ0v) is 17.9. The van der Waals surface area contributed by atoms with Gasteiger partial charge in [-0.15, -0.1) is 0 Å². The lowest BCUT2D eigenvalue weighted by molar-refractivity contribution is -0.130. The third-order valence-electron chi connectivity index (χ3n) is 7.63. The monoisotopic (exact) mass is 448 g/mol. The van der Waals surface area contributed by atoms with Gasteiger partial charge in [0.05, 0.1) is 0 Å². The number of hydrogen-bond donors (Lipinski definition) is 1. The van der Waals surface area contributed by atoms with Gasteiger partial charge in [-0.2, -0.15) is 0 Å². The van der Waals surface area contributed by atoms with Gasteiger partial charge in [0.2, 0.25) is 5.91 Å². The van der Waals surface area contributed by atoms with Crippen molar-refractivity contribution in [2.24, 2.45) is 23.2 Å². The minimum atomic E-state index is -0.0657. The highest BCUT2D eigenvalue weighted by atomic mass is 79.9.